The second-order valence-electron chi connectivity index (χ2n) is 4.32. The van der Waals surface area contributed by atoms with Gasteiger partial charge < -0.3 is 5.43 Å². The highest BCUT2D eigenvalue weighted by Crippen LogP contribution is 2.32. The predicted octanol–water partition coefficient (Wildman–Crippen LogP) is 0.804. The number of nitro groups is 1. The number of rotatable bonds is 4. The van der Waals surface area contributed by atoms with Gasteiger partial charge in [0.25, 0.3) is 5.69 Å². The monoisotopic (exact) mass is 304 g/mol. The summed E-state index contributed by atoms with van der Waals surface area (Å²) in [6, 6.07) is 1.47. The molecule has 0 amide bonds. The van der Waals surface area contributed by atoms with E-state index in [-0.39, 0.29) is 5.69 Å². The minimum atomic E-state index is -4.06. The average molecular weight is 304 g/mol. The molecular weight excluding hydrogens is 291 g/mol. The fourth-order valence-electron chi connectivity index (χ4n) is 2.11. The van der Waals surface area contributed by atoms with E-state index < -0.39 is 31.3 Å². The number of benzene rings is 1. The number of hydrogen-bond acceptors (Lipinski definition) is 6. The van der Waals surface area contributed by atoms with Gasteiger partial charge in [0.2, 0.25) is 10.0 Å². The first-order valence-corrected chi connectivity index (χ1v) is 7.26. The number of non-ortho nitro benzene ring substituents is 1. The minimum absolute atomic E-state index is 0.294. The molecule has 1 aliphatic rings. The van der Waals surface area contributed by atoms with Gasteiger partial charge in [-0.1, -0.05) is 0 Å². The van der Waals surface area contributed by atoms with Gasteiger partial charge in [-0.2, -0.15) is 4.31 Å². The second-order valence-corrected chi connectivity index (χ2v) is 6.19. The molecule has 0 aromatic heterocycles. The number of nitrogens with zero attached hydrogens (tertiary/aromatic N) is 2. The largest absolute Gasteiger partial charge is 0.323 e. The van der Waals surface area contributed by atoms with Crippen LogP contribution in [0, 0.1) is 15.9 Å². The lowest BCUT2D eigenvalue weighted by Crippen LogP contribution is -2.30. The lowest BCUT2D eigenvalue weighted by Gasteiger charge is -2.18. The maximum Gasteiger partial charge on any atom is 0.274 e. The van der Waals surface area contributed by atoms with E-state index in [1.165, 1.54) is 0 Å². The Morgan fingerprint density at radius 2 is 1.95 bits per heavy atom. The fourth-order valence-corrected chi connectivity index (χ4v) is 3.81. The summed E-state index contributed by atoms with van der Waals surface area (Å²) in [5, 5.41) is 10.6. The highest BCUT2D eigenvalue weighted by molar-refractivity contribution is 7.89. The van der Waals surface area contributed by atoms with Crippen LogP contribution in [0.2, 0.25) is 0 Å². The van der Waals surface area contributed by atoms with Crippen LogP contribution < -0.4 is 11.3 Å². The highest BCUT2D eigenvalue weighted by Gasteiger charge is 2.33. The molecule has 10 heteroatoms. The molecule has 0 bridgehead atoms. The van der Waals surface area contributed by atoms with E-state index >= 15 is 0 Å². The van der Waals surface area contributed by atoms with E-state index in [1.54, 1.807) is 0 Å². The van der Waals surface area contributed by atoms with Crippen molar-refractivity contribution in [1.29, 1.82) is 0 Å². The number of hydrazine groups is 1. The van der Waals surface area contributed by atoms with Crippen LogP contribution in [-0.4, -0.2) is 30.7 Å². The molecule has 110 valence electrons. The first kappa shape index (κ1) is 14.6. The van der Waals surface area contributed by atoms with Crippen LogP contribution in [-0.2, 0) is 10.0 Å². The Balaban J connectivity index is 2.58. The smallest absolute Gasteiger partial charge is 0.274 e. The standard InChI is InChI=1S/C10H13FN4O4S/c11-8-5-7(15(16)17)6-9(13-12)10(8)20(18,19)14-3-1-2-4-14/h5-6,13H,1-4,12H2. The van der Waals surface area contributed by atoms with E-state index in [0.717, 1.165) is 10.4 Å². The molecule has 0 radical (unpaired) electrons. The van der Waals surface area contributed by atoms with E-state index in [2.05, 4.69) is 0 Å². The van der Waals surface area contributed by atoms with Gasteiger partial charge in [-0.05, 0) is 12.8 Å². The maximum atomic E-state index is 14.0. The summed E-state index contributed by atoms with van der Waals surface area (Å²) in [5.41, 5.74) is 1.11. The van der Waals surface area contributed by atoms with Crippen molar-refractivity contribution in [3.63, 3.8) is 0 Å². The van der Waals surface area contributed by atoms with Crippen LogP contribution in [0.4, 0.5) is 15.8 Å². The van der Waals surface area contributed by atoms with Gasteiger partial charge >= 0.3 is 0 Å². The van der Waals surface area contributed by atoms with Crippen molar-refractivity contribution in [3.05, 3.63) is 28.1 Å². The van der Waals surface area contributed by atoms with Gasteiger partial charge in [-0.25, -0.2) is 12.8 Å². The Kier molecular flexibility index (Phi) is 3.88. The number of anilines is 1. The maximum absolute atomic E-state index is 14.0. The molecule has 1 aromatic carbocycles. The van der Waals surface area contributed by atoms with E-state index in [9.17, 15) is 22.9 Å². The first-order chi connectivity index (χ1) is 9.37. The van der Waals surface area contributed by atoms with Gasteiger partial charge in [0.05, 0.1) is 16.7 Å². The molecule has 1 fully saturated rings. The molecule has 1 heterocycles. The normalized spacial score (nSPS) is 16.3. The lowest BCUT2D eigenvalue weighted by molar-refractivity contribution is -0.385. The Hall–Kier alpha value is -1.78. The number of nitrogens with two attached hydrogens (primary N) is 1. The second kappa shape index (κ2) is 5.31. The molecule has 1 aromatic rings. The van der Waals surface area contributed by atoms with Crippen molar-refractivity contribution in [1.82, 2.24) is 4.31 Å². The molecule has 0 atom stereocenters. The number of hydrogen-bond donors (Lipinski definition) is 2. The average Bonchev–Trinajstić information content (AvgIpc) is 2.91. The lowest BCUT2D eigenvalue weighted by atomic mass is 10.3. The summed E-state index contributed by atoms with van der Waals surface area (Å²) in [4.78, 5) is 9.17. The topological polar surface area (TPSA) is 119 Å². The zero-order valence-corrected chi connectivity index (χ0v) is 11.2. The van der Waals surface area contributed by atoms with Gasteiger partial charge in [-0.3, -0.25) is 16.0 Å². The SMILES string of the molecule is NNc1cc([N+](=O)[O-])cc(F)c1S(=O)(=O)N1CCCC1. The summed E-state index contributed by atoms with van der Waals surface area (Å²) in [6.45, 7) is 0.589. The number of halogens is 1. The van der Waals surface area contributed by atoms with Crippen LogP contribution in [0.3, 0.4) is 0 Å². The number of nitrogen functional groups attached to an aromatic ring is 1. The van der Waals surface area contributed by atoms with E-state index in [4.69, 9.17) is 5.84 Å². The van der Waals surface area contributed by atoms with Crippen molar-refractivity contribution in [3.8, 4) is 0 Å². The van der Waals surface area contributed by atoms with Crippen molar-refractivity contribution in [2.45, 2.75) is 17.7 Å². The van der Waals surface area contributed by atoms with Gasteiger partial charge in [-0.15, -0.1) is 0 Å². The van der Waals surface area contributed by atoms with Crippen LogP contribution in [0.15, 0.2) is 17.0 Å². The van der Waals surface area contributed by atoms with Crippen molar-refractivity contribution in [2.24, 2.45) is 5.84 Å². The van der Waals surface area contributed by atoms with Crippen molar-refractivity contribution < 1.29 is 17.7 Å². The minimum Gasteiger partial charge on any atom is -0.323 e. The summed E-state index contributed by atoms with van der Waals surface area (Å²) in [6.07, 6.45) is 1.39. The third-order valence-corrected chi connectivity index (χ3v) is 5.03. The van der Waals surface area contributed by atoms with Gasteiger partial charge in [0.15, 0.2) is 5.82 Å². The Morgan fingerprint density at radius 3 is 2.45 bits per heavy atom. The number of nitro benzene ring substituents is 1. The zero-order chi connectivity index (χ0) is 14.9. The van der Waals surface area contributed by atoms with Crippen molar-refractivity contribution >= 4 is 21.4 Å². The molecule has 1 saturated heterocycles. The van der Waals surface area contributed by atoms with Crippen LogP contribution in [0.1, 0.15) is 12.8 Å². The highest BCUT2D eigenvalue weighted by atomic mass is 32.2. The molecule has 8 nitrogen and oxygen atoms in total. The summed E-state index contributed by atoms with van der Waals surface area (Å²) >= 11 is 0. The van der Waals surface area contributed by atoms with Crippen molar-refractivity contribution in [2.75, 3.05) is 18.5 Å². The number of nitrogens with one attached hydrogen (secondary N) is 1. The molecule has 20 heavy (non-hydrogen) atoms. The van der Waals surface area contributed by atoms with Gasteiger partial charge in [0, 0.05) is 19.2 Å². The summed E-state index contributed by atoms with van der Waals surface area (Å²) < 4.78 is 39.8. The zero-order valence-electron chi connectivity index (χ0n) is 10.4. The van der Waals surface area contributed by atoms with Crippen LogP contribution in [0.25, 0.3) is 0 Å². The van der Waals surface area contributed by atoms with Crippen LogP contribution >= 0.6 is 0 Å². The molecule has 0 saturated carbocycles. The first-order valence-electron chi connectivity index (χ1n) is 5.82. The molecule has 0 unspecified atom stereocenters. The van der Waals surface area contributed by atoms with Crippen LogP contribution in [0.5, 0.6) is 0 Å². The van der Waals surface area contributed by atoms with Gasteiger partial charge in [0.1, 0.15) is 4.90 Å². The molecule has 1 aliphatic heterocycles. The quantitative estimate of drug-likeness (QED) is 0.482. The molecule has 2 rings (SSSR count). The third-order valence-electron chi connectivity index (χ3n) is 3.06. The summed E-state index contributed by atoms with van der Waals surface area (Å²) in [5.74, 6) is 3.97. The molecule has 0 spiro atoms. The van der Waals surface area contributed by atoms with E-state index in [1.807, 2.05) is 5.43 Å². The Labute approximate surface area is 114 Å². The Morgan fingerprint density at radius 1 is 1.35 bits per heavy atom. The summed E-state index contributed by atoms with van der Waals surface area (Å²) in [7, 11) is -4.06. The molecular formula is C10H13FN4O4S. The fraction of sp³-hybridized carbons (Fsp3) is 0.400. The third kappa shape index (κ3) is 2.44. The predicted molar refractivity (Wildman–Crippen MR) is 68.9 cm³/mol. The Bertz CT molecular complexity index is 643. The van der Waals surface area contributed by atoms with E-state index in [0.29, 0.717) is 32.0 Å². The molecule has 0 aliphatic carbocycles. The molecule has 3 N–H and O–H groups in total. The number of sulfonamides is 1.